The largest absolute Gasteiger partial charge is 0.370 e. The number of pyridine rings is 1. The molecule has 0 aliphatic carbocycles. The van der Waals surface area contributed by atoms with Crippen LogP contribution in [0.3, 0.4) is 0 Å². The molecule has 0 aromatic carbocycles. The Labute approximate surface area is 95.7 Å². The van der Waals surface area contributed by atoms with Crippen LogP contribution < -0.4 is 5.32 Å². The fraction of sp³-hybridized carbons (Fsp3) is 0.444. The van der Waals surface area contributed by atoms with Gasteiger partial charge in [-0.2, -0.15) is 0 Å². The van der Waals surface area contributed by atoms with E-state index in [0.29, 0.717) is 18.1 Å². The van der Waals surface area contributed by atoms with E-state index in [9.17, 15) is 14.3 Å². The lowest BCUT2D eigenvalue weighted by Crippen LogP contribution is -2.07. The molecule has 7 heteroatoms. The van der Waals surface area contributed by atoms with Crippen LogP contribution in [-0.2, 0) is 10.8 Å². The third kappa shape index (κ3) is 4.35. The van der Waals surface area contributed by atoms with E-state index in [1.165, 1.54) is 12.3 Å². The summed E-state index contributed by atoms with van der Waals surface area (Å²) in [5.74, 6) is 1.23. The van der Waals surface area contributed by atoms with E-state index in [0.717, 1.165) is 6.42 Å². The number of nitrogens with one attached hydrogen (secondary N) is 1. The first-order valence-corrected chi connectivity index (χ1v) is 6.46. The highest BCUT2D eigenvalue weighted by Crippen LogP contribution is 2.11. The number of hydrogen-bond donors (Lipinski definition) is 1. The average molecular weight is 243 g/mol. The third-order valence-electron chi connectivity index (χ3n) is 1.87. The number of anilines is 1. The Morgan fingerprint density at radius 2 is 2.31 bits per heavy atom. The summed E-state index contributed by atoms with van der Waals surface area (Å²) >= 11 is 0. The number of nitrogens with zero attached hydrogens (tertiary/aromatic N) is 2. The van der Waals surface area contributed by atoms with E-state index < -0.39 is 15.7 Å². The summed E-state index contributed by atoms with van der Waals surface area (Å²) in [5, 5.41) is 13.4. The van der Waals surface area contributed by atoms with Gasteiger partial charge in [-0.05, 0) is 12.5 Å². The van der Waals surface area contributed by atoms with Crippen molar-refractivity contribution in [1.82, 2.24) is 4.98 Å². The molecule has 1 aromatic rings. The second-order valence-electron chi connectivity index (χ2n) is 3.22. The van der Waals surface area contributed by atoms with Gasteiger partial charge >= 0.3 is 0 Å². The summed E-state index contributed by atoms with van der Waals surface area (Å²) in [4.78, 5) is 13.8. The molecule has 16 heavy (non-hydrogen) atoms. The molecule has 1 heterocycles. The van der Waals surface area contributed by atoms with Crippen LogP contribution in [0.5, 0.6) is 0 Å². The van der Waals surface area contributed by atoms with Crippen LogP contribution in [0.4, 0.5) is 11.5 Å². The van der Waals surface area contributed by atoms with E-state index >= 15 is 0 Å². The smallest absolute Gasteiger partial charge is 0.287 e. The van der Waals surface area contributed by atoms with Crippen LogP contribution >= 0.6 is 0 Å². The molecule has 0 bridgehead atoms. The van der Waals surface area contributed by atoms with Gasteiger partial charge in [0.2, 0.25) is 0 Å². The molecular weight excluding hydrogens is 230 g/mol. The highest BCUT2D eigenvalue weighted by Gasteiger charge is 2.04. The van der Waals surface area contributed by atoms with Crippen molar-refractivity contribution in [2.24, 2.45) is 0 Å². The predicted molar refractivity (Wildman–Crippen MR) is 62.9 cm³/mol. The van der Waals surface area contributed by atoms with Gasteiger partial charge in [0, 0.05) is 35.4 Å². The van der Waals surface area contributed by atoms with Gasteiger partial charge in [0.15, 0.2) is 0 Å². The molecular formula is C9H13N3O3S. The monoisotopic (exact) mass is 243 g/mol. The Balaban J connectivity index is 2.38. The summed E-state index contributed by atoms with van der Waals surface area (Å²) < 4.78 is 10.8. The van der Waals surface area contributed by atoms with Crippen LogP contribution in [-0.4, -0.2) is 32.7 Å². The number of aromatic nitrogens is 1. The maximum absolute atomic E-state index is 10.8. The van der Waals surface area contributed by atoms with Crippen LogP contribution in [0.1, 0.15) is 6.42 Å². The van der Waals surface area contributed by atoms with Crippen molar-refractivity contribution in [3.8, 4) is 0 Å². The van der Waals surface area contributed by atoms with E-state index in [2.05, 4.69) is 10.3 Å². The zero-order chi connectivity index (χ0) is 12.0. The quantitative estimate of drug-likeness (QED) is 0.460. The average Bonchev–Trinajstić information content (AvgIpc) is 2.25. The molecule has 0 spiro atoms. The number of rotatable bonds is 6. The molecule has 1 rings (SSSR count). The first-order valence-electron chi connectivity index (χ1n) is 4.74. The maximum Gasteiger partial charge on any atom is 0.287 e. The van der Waals surface area contributed by atoms with Gasteiger partial charge < -0.3 is 5.32 Å². The molecule has 1 unspecified atom stereocenters. The van der Waals surface area contributed by atoms with Gasteiger partial charge in [0.1, 0.15) is 12.0 Å². The highest BCUT2D eigenvalue weighted by molar-refractivity contribution is 7.84. The van der Waals surface area contributed by atoms with E-state index in [1.807, 2.05) is 0 Å². The maximum atomic E-state index is 10.8. The Morgan fingerprint density at radius 1 is 1.56 bits per heavy atom. The van der Waals surface area contributed by atoms with Gasteiger partial charge in [0.05, 0.1) is 4.92 Å². The summed E-state index contributed by atoms with van der Waals surface area (Å²) in [7, 11) is -0.783. The minimum Gasteiger partial charge on any atom is -0.370 e. The standard InChI is InChI=1S/C9H13N3O3S/c1-16(15)6-2-5-10-9-4-3-8(7-11-9)12(13)14/h3-4,7H,2,5-6H2,1H3,(H,10,11). The van der Waals surface area contributed by atoms with E-state index in [4.69, 9.17) is 0 Å². The molecule has 0 amide bonds. The van der Waals surface area contributed by atoms with Crippen molar-refractivity contribution in [1.29, 1.82) is 0 Å². The van der Waals surface area contributed by atoms with Crippen molar-refractivity contribution in [2.45, 2.75) is 6.42 Å². The van der Waals surface area contributed by atoms with Gasteiger partial charge in [0.25, 0.3) is 5.69 Å². The van der Waals surface area contributed by atoms with E-state index in [1.54, 1.807) is 12.3 Å². The third-order valence-corrected chi connectivity index (χ3v) is 2.74. The van der Waals surface area contributed by atoms with Gasteiger partial charge in [-0.3, -0.25) is 14.3 Å². The minimum absolute atomic E-state index is 0.0276. The van der Waals surface area contributed by atoms with Crippen LogP contribution in [0, 0.1) is 10.1 Å². The Kier molecular flexibility index (Phi) is 4.84. The van der Waals surface area contributed by atoms with E-state index in [-0.39, 0.29) is 5.69 Å². The topological polar surface area (TPSA) is 85.1 Å². The zero-order valence-electron chi connectivity index (χ0n) is 8.88. The first-order chi connectivity index (χ1) is 7.59. The summed E-state index contributed by atoms with van der Waals surface area (Å²) in [6.45, 7) is 0.657. The van der Waals surface area contributed by atoms with Gasteiger partial charge in [-0.15, -0.1) is 0 Å². The zero-order valence-corrected chi connectivity index (χ0v) is 9.70. The molecule has 0 aliphatic rings. The molecule has 0 saturated heterocycles. The van der Waals surface area contributed by atoms with Crippen LogP contribution in [0.15, 0.2) is 18.3 Å². The van der Waals surface area contributed by atoms with Crippen molar-refractivity contribution >= 4 is 22.3 Å². The second-order valence-corrected chi connectivity index (χ2v) is 4.77. The fourth-order valence-electron chi connectivity index (χ4n) is 1.09. The molecule has 0 aliphatic heterocycles. The normalized spacial score (nSPS) is 12.1. The Bertz CT molecular complexity index is 380. The molecule has 0 fully saturated rings. The molecule has 88 valence electrons. The molecule has 0 saturated carbocycles. The summed E-state index contributed by atoms with van der Waals surface area (Å²) in [6.07, 6.45) is 3.65. The predicted octanol–water partition coefficient (Wildman–Crippen LogP) is 1.17. The highest BCUT2D eigenvalue weighted by atomic mass is 32.2. The Hall–Kier alpha value is -1.50. The molecule has 6 nitrogen and oxygen atoms in total. The first kappa shape index (κ1) is 12.6. The lowest BCUT2D eigenvalue weighted by atomic mass is 10.4. The second kappa shape index (κ2) is 6.16. The van der Waals surface area contributed by atoms with Crippen molar-refractivity contribution in [3.05, 3.63) is 28.4 Å². The van der Waals surface area contributed by atoms with Crippen molar-refractivity contribution in [3.63, 3.8) is 0 Å². The minimum atomic E-state index is -0.783. The number of nitro groups is 1. The van der Waals surface area contributed by atoms with Gasteiger partial charge in [-0.1, -0.05) is 0 Å². The summed E-state index contributed by atoms with van der Waals surface area (Å²) in [6, 6.07) is 2.95. The molecule has 1 aromatic heterocycles. The number of hydrogen-bond acceptors (Lipinski definition) is 5. The van der Waals surface area contributed by atoms with Crippen LogP contribution in [0.25, 0.3) is 0 Å². The van der Waals surface area contributed by atoms with Gasteiger partial charge in [-0.25, -0.2) is 4.98 Å². The Morgan fingerprint density at radius 3 is 2.81 bits per heavy atom. The lowest BCUT2D eigenvalue weighted by molar-refractivity contribution is -0.385. The summed E-state index contributed by atoms with van der Waals surface area (Å²) in [5.41, 5.74) is -0.0276. The molecule has 1 N–H and O–H groups in total. The van der Waals surface area contributed by atoms with Crippen molar-refractivity contribution < 1.29 is 9.13 Å². The molecule has 0 radical (unpaired) electrons. The SMILES string of the molecule is CS(=O)CCCNc1ccc([N+](=O)[O-])cn1. The fourth-order valence-corrected chi connectivity index (χ4v) is 1.64. The molecule has 1 atom stereocenters. The van der Waals surface area contributed by atoms with Crippen molar-refractivity contribution in [2.75, 3.05) is 23.9 Å². The lowest BCUT2D eigenvalue weighted by Gasteiger charge is -2.03. The van der Waals surface area contributed by atoms with Crippen LogP contribution in [0.2, 0.25) is 0 Å².